The van der Waals surface area contributed by atoms with Crippen molar-refractivity contribution in [2.24, 2.45) is 0 Å². The van der Waals surface area contributed by atoms with Gasteiger partial charge in [0.15, 0.2) is 0 Å². The predicted octanol–water partition coefficient (Wildman–Crippen LogP) is 4.55. The fraction of sp³-hybridized carbons (Fsp3) is 0.348. The Kier molecular flexibility index (Phi) is 5.28. The monoisotopic (exact) mass is 345 g/mol. The fourth-order valence-corrected chi connectivity index (χ4v) is 3.86. The van der Waals surface area contributed by atoms with Crippen molar-refractivity contribution in [3.05, 3.63) is 78.0 Å². The van der Waals surface area contributed by atoms with Crippen LogP contribution >= 0.6 is 0 Å². The number of pyridine rings is 1. The van der Waals surface area contributed by atoms with Crippen molar-refractivity contribution in [2.45, 2.75) is 38.4 Å². The Morgan fingerprint density at radius 1 is 0.962 bits per heavy atom. The average molecular weight is 345 g/mol. The van der Waals surface area contributed by atoms with E-state index in [9.17, 15) is 0 Å². The van der Waals surface area contributed by atoms with E-state index in [1.54, 1.807) is 0 Å². The molecule has 26 heavy (non-hydrogen) atoms. The van der Waals surface area contributed by atoms with Gasteiger partial charge >= 0.3 is 0 Å². The topological polar surface area (TPSA) is 28.2 Å². The van der Waals surface area contributed by atoms with E-state index in [2.05, 4.69) is 83.9 Å². The molecule has 134 valence electrons. The Bertz CT molecular complexity index is 838. The zero-order chi connectivity index (χ0) is 17.8. The molecule has 1 aliphatic rings. The Morgan fingerprint density at radius 2 is 1.69 bits per heavy atom. The van der Waals surface area contributed by atoms with E-state index in [1.165, 1.54) is 23.8 Å². The van der Waals surface area contributed by atoms with Crippen LogP contribution in [-0.2, 0) is 6.54 Å². The third-order valence-electron chi connectivity index (χ3n) is 5.39. The minimum atomic E-state index is 0.283. The van der Waals surface area contributed by atoms with Crippen LogP contribution in [-0.4, -0.2) is 29.0 Å². The SMILES string of the molecule is CC(NC1CCN(Cc2ccccc2)CC1)c1ccc2ccccc2n1. The third kappa shape index (κ3) is 4.12. The molecule has 2 aromatic carbocycles. The zero-order valence-electron chi connectivity index (χ0n) is 15.4. The molecule has 3 nitrogen and oxygen atoms in total. The molecular formula is C23H27N3. The molecule has 1 aromatic heterocycles. The lowest BCUT2D eigenvalue weighted by Crippen LogP contribution is -2.43. The highest BCUT2D eigenvalue weighted by atomic mass is 15.1. The number of fused-ring (bicyclic) bond motifs is 1. The van der Waals surface area contributed by atoms with Crippen molar-refractivity contribution in [3.8, 4) is 0 Å². The second kappa shape index (κ2) is 7.98. The molecule has 4 rings (SSSR count). The summed E-state index contributed by atoms with van der Waals surface area (Å²) < 4.78 is 0. The summed E-state index contributed by atoms with van der Waals surface area (Å²) in [6, 6.07) is 24.3. The van der Waals surface area contributed by atoms with E-state index in [0.717, 1.165) is 30.8 Å². The first-order valence-electron chi connectivity index (χ1n) is 9.66. The average Bonchev–Trinajstić information content (AvgIpc) is 2.70. The van der Waals surface area contributed by atoms with Gasteiger partial charge in [-0.3, -0.25) is 9.88 Å². The summed E-state index contributed by atoms with van der Waals surface area (Å²) in [6.07, 6.45) is 2.40. The lowest BCUT2D eigenvalue weighted by Gasteiger charge is -2.34. The number of para-hydroxylation sites is 1. The zero-order valence-corrected chi connectivity index (χ0v) is 15.4. The molecule has 0 saturated carbocycles. The van der Waals surface area contributed by atoms with Crippen molar-refractivity contribution in [1.29, 1.82) is 0 Å². The molecule has 0 amide bonds. The van der Waals surface area contributed by atoms with Gasteiger partial charge in [0.25, 0.3) is 0 Å². The molecule has 1 fully saturated rings. The summed E-state index contributed by atoms with van der Waals surface area (Å²) in [4.78, 5) is 7.40. The highest BCUT2D eigenvalue weighted by Crippen LogP contribution is 2.20. The van der Waals surface area contributed by atoms with Crippen molar-refractivity contribution in [1.82, 2.24) is 15.2 Å². The van der Waals surface area contributed by atoms with E-state index in [-0.39, 0.29) is 6.04 Å². The van der Waals surface area contributed by atoms with Crippen LogP contribution < -0.4 is 5.32 Å². The number of hydrogen-bond donors (Lipinski definition) is 1. The second-order valence-electron chi connectivity index (χ2n) is 7.35. The molecule has 1 N–H and O–H groups in total. The van der Waals surface area contributed by atoms with Gasteiger partial charge in [0, 0.05) is 24.0 Å². The molecule has 1 aliphatic heterocycles. The molecule has 3 heteroatoms. The summed E-state index contributed by atoms with van der Waals surface area (Å²) in [7, 11) is 0. The molecule has 0 radical (unpaired) electrons. The number of benzene rings is 2. The third-order valence-corrected chi connectivity index (χ3v) is 5.39. The van der Waals surface area contributed by atoms with Crippen molar-refractivity contribution >= 4 is 10.9 Å². The Hall–Kier alpha value is -2.23. The quantitative estimate of drug-likeness (QED) is 0.735. The van der Waals surface area contributed by atoms with Crippen LogP contribution in [0.25, 0.3) is 10.9 Å². The number of piperidine rings is 1. The summed E-state index contributed by atoms with van der Waals surface area (Å²) in [5.74, 6) is 0. The molecule has 3 aromatic rings. The molecule has 1 atom stereocenters. The van der Waals surface area contributed by atoms with Crippen LogP contribution in [0.2, 0.25) is 0 Å². The summed E-state index contributed by atoms with van der Waals surface area (Å²) in [6.45, 7) is 5.61. The van der Waals surface area contributed by atoms with Gasteiger partial charge in [0.05, 0.1) is 11.2 Å². The predicted molar refractivity (Wildman–Crippen MR) is 108 cm³/mol. The van der Waals surface area contributed by atoms with Crippen LogP contribution in [0.3, 0.4) is 0 Å². The van der Waals surface area contributed by atoms with Crippen molar-refractivity contribution in [3.63, 3.8) is 0 Å². The van der Waals surface area contributed by atoms with Crippen LogP contribution in [0.15, 0.2) is 66.7 Å². The summed E-state index contributed by atoms with van der Waals surface area (Å²) in [5, 5.41) is 5.00. The molecular weight excluding hydrogens is 318 g/mol. The Balaban J connectivity index is 1.32. The van der Waals surface area contributed by atoms with Gasteiger partial charge in [-0.25, -0.2) is 0 Å². The van der Waals surface area contributed by atoms with Crippen LogP contribution in [0.1, 0.15) is 37.1 Å². The smallest absolute Gasteiger partial charge is 0.0706 e. The second-order valence-corrected chi connectivity index (χ2v) is 7.35. The van der Waals surface area contributed by atoms with Crippen LogP contribution in [0.5, 0.6) is 0 Å². The lowest BCUT2D eigenvalue weighted by atomic mass is 10.0. The standard InChI is InChI=1S/C23H27N3/c1-18(22-12-11-20-9-5-6-10-23(20)25-22)24-21-13-15-26(16-14-21)17-19-7-3-2-4-8-19/h2-12,18,21,24H,13-17H2,1H3. The maximum atomic E-state index is 4.84. The summed E-state index contributed by atoms with van der Waals surface area (Å²) >= 11 is 0. The maximum Gasteiger partial charge on any atom is 0.0706 e. The van der Waals surface area contributed by atoms with Crippen LogP contribution in [0.4, 0.5) is 0 Å². The van der Waals surface area contributed by atoms with Gasteiger partial charge in [-0.1, -0.05) is 54.6 Å². The van der Waals surface area contributed by atoms with Gasteiger partial charge in [-0.2, -0.15) is 0 Å². The largest absolute Gasteiger partial charge is 0.306 e. The number of likely N-dealkylation sites (tertiary alicyclic amines) is 1. The fourth-order valence-electron chi connectivity index (χ4n) is 3.86. The minimum absolute atomic E-state index is 0.283. The van der Waals surface area contributed by atoms with E-state index < -0.39 is 0 Å². The van der Waals surface area contributed by atoms with Crippen molar-refractivity contribution in [2.75, 3.05) is 13.1 Å². The number of aromatic nitrogens is 1. The van der Waals surface area contributed by atoms with Gasteiger partial charge in [-0.15, -0.1) is 0 Å². The Morgan fingerprint density at radius 3 is 2.50 bits per heavy atom. The molecule has 0 spiro atoms. The maximum absolute atomic E-state index is 4.84. The van der Waals surface area contributed by atoms with E-state index in [0.29, 0.717) is 6.04 Å². The van der Waals surface area contributed by atoms with Crippen molar-refractivity contribution < 1.29 is 0 Å². The van der Waals surface area contributed by atoms with Gasteiger partial charge < -0.3 is 5.32 Å². The van der Waals surface area contributed by atoms with Crippen LogP contribution in [0, 0.1) is 0 Å². The van der Waals surface area contributed by atoms with Gasteiger partial charge in [-0.05, 0) is 50.6 Å². The van der Waals surface area contributed by atoms with E-state index in [4.69, 9.17) is 4.98 Å². The first-order chi connectivity index (χ1) is 12.8. The molecule has 2 heterocycles. The highest BCUT2D eigenvalue weighted by Gasteiger charge is 2.21. The number of nitrogens with one attached hydrogen (secondary N) is 1. The number of rotatable bonds is 5. The van der Waals surface area contributed by atoms with Gasteiger partial charge in [0.1, 0.15) is 0 Å². The number of nitrogens with zero attached hydrogens (tertiary/aromatic N) is 2. The normalized spacial score (nSPS) is 17.4. The summed E-state index contributed by atoms with van der Waals surface area (Å²) in [5.41, 5.74) is 3.62. The van der Waals surface area contributed by atoms with E-state index >= 15 is 0 Å². The molecule has 1 saturated heterocycles. The minimum Gasteiger partial charge on any atom is -0.306 e. The van der Waals surface area contributed by atoms with Gasteiger partial charge in [0.2, 0.25) is 0 Å². The van der Waals surface area contributed by atoms with E-state index in [1.807, 2.05) is 0 Å². The lowest BCUT2D eigenvalue weighted by molar-refractivity contribution is 0.185. The molecule has 0 aliphatic carbocycles. The molecule has 1 unspecified atom stereocenters. The first kappa shape index (κ1) is 17.2. The highest BCUT2D eigenvalue weighted by molar-refractivity contribution is 5.78. The first-order valence-corrected chi connectivity index (χ1v) is 9.66. The number of hydrogen-bond acceptors (Lipinski definition) is 3. The Labute approximate surface area is 156 Å². The molecule has 0 bridgehead atoms.